The smallest absolute Gasteiger partial charge is 0.410 e. The molecule has 2 atom stereocenters. The molecule has 0 bridgehead atoms. The number of ether oxygens (including phenoxy) is 1. The number of nitro benzene ring substituents is 1. The van der Waals surface area contributed by atoms with Crippen molar-refractivity contribution in [3.63, 3.8) is 0 Å². The predicted octanol–water partition coefficient (Wildman–Crippen LogP) is 1.73. The summed E-state index contributed by atoms with van der Waals surface area (Å²) in [6.45, 7) is 0.138. The van der Waals surface area contributed by atoms with Crippen molar-refractivity contribution in [1.29, 1.82) is 5.26 Å². The highest BCUT2D eigenvalue weighted by Crippen LogP contribution is 2.23. The van der Waals surface area contributed by atoms with Crippen molar-refractivity contribution in [1.82, 2.24) is 9.80 Å². The van der Waals surface area contributed by atoms with Gasteiger partial charge in [-0.1, -0.05) is 0 Å². The number of non-ortho nitro benzene ring substituents is 1. The number of nitriles is 1. The number of aliphatic hydroxyl groups excluding tert-OH is 1. The van der Waals surface area contributed by atoms with E-state index in [2.05, 4.69) is 0 Å². The van der Waals surface area contributed by atoms with E-state index in [9.17, 15) is 24.8 Å². The summed E-state index contributed by atoms with van der Waals surface area (Å²) in [4.78, 5) is 36.6. The first-order valence-electron chi connectivity index (χ1n) is 8.90. The number of nitro groups is 1. The Kier molecular flexibility index (Phi) is 8.23. The summed E-state index contributed by atoms with van der Waals surface area (Å²) in [6, 6.07) is 5.50. The van der Waals surface area contributed by atoms with Gasteiger partial charge in [0, 0.05) is 43.1 Å². The molecule has 11 heteroatoms. The maximum atomic E-state index is 12.4. The minimum absolute atomic E-state index is 0.0295. The molecule has 1 aliphatic heterocycles. The van der Waals surface area contributed by atoms with Crippen molar-refractivity contribution < 1.29 is 24.4 Å². The van der Waals surface area contributed by atoms with Gasteiger partial charge in [-0.2, -0.15) is 17.0 Å². The van der Waals surface area contributed by atoms with Gasteiger partial charge in [-0.3, -0.25) is 19.8 Å². The molecular weight excluding hydrogens is 400 g/mol. The van der Waals surface area contributed by atoms with Gasteiger partial charge in [-0.25, -0.2) is 4.79 Å². The first kappa shape index (κ1) is 22.4. The summed E-state index contributed by atoms with van der Waals surface area (Å²) in [7, 11) is 1.41. The zero-order chi connectivity index (χ0) is 21.4. The summed E-state index contributed by atoms with van der Waals surface area (Å²) >= 11 is 1.47. The third kappa shape index (κ3) is 6.62. The summed E-state index contributed by atoms with van der Waals surface area (Å²) in [5, 5.41) is 29.2. The molecule has 2 amide bonds. The molecule has 2 rings (SSSR count). The minimum atomic E-state index is -0.640. The Morgan fingerprint density at radius 2 is 2.14 bits per heavy atom. The molecule has 1 saturated heterocycles. The van der Waals surface area contributed by atoms with Crippen LogP contribution in [0.2, 0.25) is 0 Å². The van der Waals surface area contributed by atoms with Gasteiger partial charge in [0.1, 0.15) is 6.61 Å². The Hall–Kier alpha value is -2.84. The number of hydrogen-bond donors (Lipinski definition) is 1. The molecule has 0 unspecified atom stereocenters. The lowest BCUT2D eigenvalue weighted by Crippen LogP contribution is -2.37. The Balaban J connectivity index is 1.80. The van der Waals surface area contributed by atoms with E-state index in [1.54, 1.807) is 6.19 Å². The molecule has 0 aromatic heterocycles. The molecule has 1 fully saturated rings. The molecule has 0 aliphatic carbocycles. The van der Waals surface area contributed by atoms with Crippen molar-refractivity contribution in [3.05, 3.63) is 39.9 Å². The zero-order valence-corrected chi connectivity index (χ0v) is 16.7. The number of aliphatic hydroxyl groups is 1. The van der Waals surface area contributed by atoms with Crippen molar-refractivity contribution in [3.8, 4) is 6.19 Å². The van der Waals surface area contributed by atoms with Crippen LogP contribution in [0.3, 0.4) is 0 Å². The fourth-order valence-corrected chi connectivity index (χ4v) is 3.89. The van der Waals surface area contributed by atoms with E-state index in [0.717, 1.165) is 4.90 Å². The van der Waals surface area contributed by atoms with Crippen LogP contribution in [0.15, 0.2) is 24.3 Å². The van der Waals surface area contributed by atoms with Gasteiger partial charge in [0.15, 0.2) is 6.19 Å². The van der Waals surface area contributed by atoms with E-state index in [4.69, 9.17) is 10.00 Å². The maximum absolute atomic E-state index is 12.4. The summed E-state index contributed by atoms with van der Waals surface area (Å²) in [6.07, 6.45) is 1.18. The SMILES string of the molecule is CN(C#N)C(=O)CCSC[C@@H]1C[C@H](O)CN1C(=O)OCc1ccc([N+](=O)[O-])cc1. The Morgan fingerprint density at radius 1 is 1.45 bits per heavy atom. The quantitative estimate of drug-likeness (QED) is 0.220. The molecule has 156 valence electrons. The molecule has 1 aromatic carbocycles. The van der Waals surface area contributed by atoms with E-state index in [-0.39, 0.29) is 37.2 Å². The maximum Gasteiger partial charge on any atom is 0.410 e. The molecule has 0 saturated carbocycles. The molecule has 1 N–H and O–H groups in total. The summed E-state index contributed by atoms with van der Waals surface area (Å²) in [5.74, 6) is 0.766. The molecular formula is C18H22N4O6S. The van der Waals surface area contributed by atoms with Crippen LogP contribution in [-0.4, -0.2) is 69.1 Å². The number of carbonyl (C=O) groups excluding carboxylic acids is 2. The Morgan fingerprint density at radius 3 is 2.76 bits per heavy atom. The van der Waals surface area contributed by atoms with Crippen LogP contribution in [0.25, 0.3) is 0 Å². The number of likely N-dealkylation sites (tertiary alicyclic amines) is 1. The van der Waals surface area contributed by atoms with Gasteiger partial charge < -0.3 is 14.7 Å². The molecule has 10 nitrogen and oxygen atoms in total. The van der Waals surface area contributed by atoms with Gasteiger partial charge in [0.2, 0.25) is 5.91 Å². The van der Waals surface area contributed by atoms with Gasteiger partial charge in [-0.05, 0) is 24.1 Å². The molecule has 0 radical (unpaired) electrons. The van der Waals surface area contributed by atoms with Crippen LogP contribution >= 0.6 is 11.8 Å². The standard InChI is InChI=1S/C18H22N4O6S/c1-20(12-19)17(24)6-7-29-11-15-8-16(23)9-21(15)18(25)28-10-13-2-4-14(5-3-13)22(26)27/h2-5,15-16,23H,6-11H2,1H3/t15-,16-/m0/s1. The number of thioether (sulfide) groups is 1. The number of amides is 2. The third-order valence-corrected chi connectivity index (χ3v) is 5.54. The second-order valence-corrected chi connectivity index (χ2v) is 7.70. The van der Waals surface area contributed by atoms with Gasteiger partial charge in [0.25, 0.3) is 5.69 Å². The summed E-state index contributed by atoms with van der Waals surface area (Å²) in [5.41, 5.74) is 0.578. The second-order valence-electron chi connectivity index (χ2n) is 6.55. The molecule has 1 heterocycles. The van der Waals surface area contributed by atoms with Crippen LogP contribution in [-0.2, 0) is 16.1 Å². The first-order chi connectivity index (χ1) is 13.8. The lowest BCUT2D eigenvalue weighted by Gasteiger charge is -2.23. The van der Waals surface area contributed by atoms with E-state index in [1.165, 1.54) is 48.0 Å². The lowest BCUT2D eigenvalue weighted by atomic mass is 10.2. The highest BCUT2D eigenvalue weighted by Gasteiger charge is 2.35. The Labute approximate surface area is 172 Å². The van der Waals surface area contributed by atoms with Crippen LogP contribution in [0.4, 0.5) is 10.5 Å². The minimum Gasteiger partial charge on any atom is -0.445 e. The van der Waals surface area contributed by atoms with Crippen LogP contribution in [0.1, 0.15) is 18.4 Å². The van der Waals surface area contributed by atoms with Crippen molar-refractivity contribution in [2.75, 3.05) is 25.1 Å². The lowest BCUT2D eigenvalue weighted by molar-refractivity contribution is -0.384. The first-order valence-corrected chi connectivity index (χ1v) is 10.1. The van der Waals surface area contributed by atoms with Gasteiger partial charge >= 0.3 is 6.09 Å². The topological polar surface area (TPSA) is 137 Å². The number of benzene rings is 1. The number of rotatable bonds is 8. The van der Waals surface area contributed by atoms with Crippen LogP contribution in [0, 0.1) is 21.6 Å². The summed E-state index contributed by atoms with van der Waals surface area (Å²) < 4.78 is 5.28. The average Bonchev–Trinajstić information content (AvgIpc) is 3.09. The fourth-order valence-electron chi connectivity index (χ4n) is 2.82. The Bertz CT molecular complexity index is 782. The van der Waals surface area contributed by atoms with Crippen molar-refractivity contribution >= 4 is 29.4 Å². The highest BCUT2D eigenvalue weighted by molar-refractivity contribution is 7.99. The van der Waals surface area contributed by atoms with E-state index in [0.29, 0.717) is 23.5 Å². The zero-order valence-electron chi connectivity index (χ0n) is 15.9. The van der Waals surface area contributed by atoms with Gasteiger partial charge in [0.05, 0.1) is 17.6 Å². The average molecular weight is 422 g/mol. The number of hydrogen-bond acceptors (Lipinski definition) is 8. The van der Waals surface area contributed by atoms with Crippen LogP contribution in [0.5, 0.6) is 0 Å². The predicted molar refractivity (Wildman–Crippen MR) is 105 cm³/mol. The van der Waals surface area contributed by atoms with E-state index in [1.807, 2.05) is 0 Å². The molecule has 1 aliphatic rings. The van der Waals surface area contributed by atoms with Gasteiger partial charge in [-0.15, -0.1) is 0 Å². The number of nitrogens with zero attached hydrogens (tertiary/aromatic N) is 4. The number of β-amino-alcohol motifs (C(OH)–C–C–N with tert-alkyl or cyclic N) is 1. The molecule has 1 aromatic rings. The van der Waals surface area contributed by atoms with Crippen molar-refractivity contribution in [2.45, 2.75) is 31.6 Å². The fraction of sp³-hybridized carbons (Fsp3) is 0.500. The van der Waals surface area contributed by atoms with Crippen molar-refractivity contribution in [2.24, 2.45) is 0 Å². The highest BCUT2D eigenvalue weighted by atomic mass is 32.2. The normalized spacial score (nSPS) is 18.2. The third-order valence-electron chi connectivity index (χ3n) is 4.43. The monoisotopic (exact) mass is 422 g/mol. The largest absolute Gasteiger partial charge is 0.445 e. The van der Waals surface area contributed by atoms with E-state index >= 15 is 0 Å². The molecule has 29 heavy (non-hydrogen) atoms. The number of carbonyl (C=O) groups is 2. The van der Waals surface area contributed by atoms with E-state index < -0.39 is 17.1 Å². The molecule has 0 spiro atoms. The second kappa shape index (κ2) is 10.6. The van der Waals surface area contributed by atoms with Crippen LogP contribution < -0.4 is 0 Å².